The molecule has 0 aliphatic rings. The van der Waals surface area contributed by atoms with Crippen LogP contribution in [0.15, 0.2) is 54.6 Å². The smallest absolute Gasteiger partial charge is 0.336 e. The monoisotopic (exact) mass is 539 g/mol. The lowest BCUT2D eigenvalue weighted by atomic mass is 10.0. The number of hydrogen-bond acceptors (Lipinski definition) is 6. The third-order valence-electron chi connectivity index (χ3n) is 5.18. The molecule has 0 radical (unpaired) electrons. The molecule has 2 atom stereocenters. The Balaban J connectivity index is 0.00000172. The largest absolute Gasteiger partial charge is 0.478 e. The first kappa shape index (κ1) is 32.4. The van der Waals surface area contributed by atoms with Gasteiger partial charge in [-0.15, -0.1) is 9.24 Å². The fourth-order valence-electron chi connectivity index (χ4n) is 3.40. The van der Waals surface area contributed by atoms with Crippen molar-refractivity contribution >= 4 is 49.4 Å². The highest BCUT2D eigenvalue weighted by Gasteiger charge is 2.24. The van der Waals surface area contributed by atoms with Crippen LogP contribution in [0, 0.1) is 5.92 Å². The standard InChI is InChI=1S/C26H27N2O5P.C2H6.CH5N/c1-15(2)4-5-16-8-11-21-19(12-16)20(25(30)31)14-22(27-21)24(29)28-23(26(32)33-3)13-17-6-9-18(34)10-7-17;2*1-2/h4-12,14-15,23H,13,34H2,1-3H3,(H,28,29)(H,30,31);1-2H3;2H2,1H3/b5-4+;;. The molecule has 0 spiro atoms. The summed E-state index contributed by atoms with van der Waals surface area (Å²) in [5.41, 5.74) is 6.41. The van der Waals surface area contributed by atoms with Crippen molar-refractivity contribution in [2.45, 2.75) is 40.2 Å². The summed E-state index contributed by atoms with van der Waals surface area (Å²) in [5.74, 6) is -2.09. The van der Waals surface area contributed by atoms with Crippen LogP contribution in [0.1, 0.15) is 59.7 Å². The minimum atomic E-state index is -1.17. The van der Waals surface area contributed by atoms with E-state index in [1.165, 1.54) is 20.2 Å². The summed E-state index contributed by atoms with van der Waals surface area (Å²) in [4.78, 5) is 41.6. The molecular weight excluding hydrogens is 501 g/mol. The number of ether oxygens (including phenoxy) is 1. The number of fused-ring (bicyclic) bond motifs is 1. The number of allylic oxidation sites excluding steroid dienone is 1. The molecule has 4 N–H and O–H groups in total. The number of aromatic carboxylic acids is 1. The summed E-state index contributed by atoms with van der Waals surface area (Å²) >= 11 is 0. The highest BCUT2D eigenvalue weighted by atomic mass is 31.0. The number of benzene rings is 2. The maximum absolute atomic E-state index is 13.0. The van der Waals surface area contributed by atoms with Crippen molar-refractivity contribution in [3.8, 4) is 0 Å². The predicted octanol–water partition coefficient (Wildman–Crippen LogP) is 4.22. The van der Waals surface area contributed by atoms with Gasteiger partial charge >= 0.3 is 11.9 Å². The summed E-state index contributed by atoms with van der Waals surface area (Å²) in [5, 5.41) is 13.8. The SMILES string of the molecule is CC.CN.COC(=O)C(Cc1ccc(P)cc1)NC(=O)c1cc(C(=O)O)c2cc(/C=C/C(C)C)ccc2n1. The van der Waals surface area contributed by atoms with Gasteiger partial charge in [0.25, 0.3) is 5.91 Å². The Kier molecular flexibility index (Phi) is 13.9. The van der Waals surface area contributed by atoms with Crippen molar-refractivity contribution < 1.29 is 24.2 Å². The molecule has 3 rings (SSSR count). The molecule has 204 valence electrons. The molecule has 8 nitrogen and oxygen atoms in total. The van der Waals surface area contributed by atoms with E-state index in [1.54, 1.807) is 12.1 Å². The topological polar surface area (TPSA) is 132 Å². The Morgan fingerprint density at radius 1 is 1.08 bits per heavy atom. The van der Waals surface area contributed by atoms with E-state index in [4.69, 9.17) is 4.74 Å². The zero-order chi connectivity index (χ0) is 28.8. The molecular formula is C29H38N3O5P. The third-order valence-corrected chi connectivity index (χ3v) is 5.56. The number of amides is 1. The lowest BCUT2D eigenvalue weighted by molar-refractivity contribution is -0.142. The quantitative estimate of drug-likeness (QED) is 0.289. The van der Waals surface area contributed by atoms with Crippen LogP contribution in [-0.2, 0) is 16.0 Å². The van der Waals surface area contributed by atoms with E-state index in [-0.39, 0.29) is 17.7 Å². The van der Waals surface area contributed by atoms with Gasteiger partial charge in [-0.25, -0.2) is 14.6 Å². The van der Waals surface area contributed by atoms with Gasteiger partial charge in [-0.05, 0) is 47.6 Å². The van der Waals surface area contributed by atoms with Crippen LogP contribution in [0.4, 0.5) is 0 Å². The first-order chi connectivity index (χ1) is 18.2. The Bertz CT molecular complexity index is 1260. The van der Waals surface area contributed by atoms with Gasteiger partial charge in [-0.2, -0.15) is 0 Å². The number of aromatic nitrogens is 1. The van der Waals surface area contributed by atoms with E-state index in [0.29, 0.717) is 16.8 Å². The van der Waals surface area contributed by atoms with Crippen LogP contribution < -0.4 is 16.4 Å². The third kappa shape index (κ3) is 9.36. The Hall–Kier alpha value is -3.61. The number of rotatable bonds is 8. The molecule has 9 heteroatoms. The predicted molar refractivity (Wildman–Crippen MR) is 157 cm³/mol. The molecule has 3 aromatic rings. The molecule has 0 aliphatic carbocycles. The van der Waals surface area contributed by atoms with Crippen LogP contribution in [0.25, 0.3) is 17.0 Å². The number of nitrogens with two attached hydrogens (primary N) is 1. The van der Waals surface area contributed by atoms with Crippen LogP contribution in [0.5, 0.6) is 0 Å². The van der Waals surface area contributed by atoms with E-state index in [1.807, 2.05) is 70.2 Å². The Labute approximate surface area is 226 Å². The lowest BCUT2D eigenvalue weighted by Crippen LogP contribution is -2.43. The average Bonchev–Trinajstić information content (AvgIpc) is 2.93. The molecule has 38 heavy (non-hydrogen) atoms. The number of pyridine rings is 1. The average molecular weight is 540 g/mol. The fourth-order valence-corrected chi connectivity index (χ4v) is 3.59. The maximum atomic E-state index is 13.0. The van der Waals surface area contributed by atoms with Crippen molar-refractivity contribution in [1.29, 1.82) is 0 Å². The summed E-state index contributed by atoms with van der Waals surface area (Å²) < 4.78 is 4.85. The zero-order valence-electron chi connectivity index (χ0n) is 22.8. The first-order valence-corrected chi connectivity index (χ1v) is 12.9. The number of carboxylic acids is 1. The molecule has 0 bridgehead atoms. The number of esters is 1. The van der Waals surface area contributed by atoms with Crippen molar-refractivity contribution in [1.82, 2.24) is 10.3 Å². The number of carboxylic acid groups (broad SMARTS) is 1. The summed E-state index contributed by atoms with van der Waals surface area (Å²) in [7, 11) is 5.33. The number of nitrogens with one attached hydrogen (secondary N) is 1. The minimum Gasteiger partial charge on any atom is -0.478 e. The molecule has 2 unspecified atom stereocenters. The van der Waals surface area contributed by atoms with Gasteiger partial charge in [-0.3, -0.25) is 4.79 Å². The summed E-state index contributed by atoms with van der Waals surface area (Å²) in [6, 6.07) is 13.0. The van der Waals surface area contributed by atoms with Gasteiger partial charge in [0.05, 0.1) is 18.2 Å². The zero-order valence-corrected chi connectivity index (χ0v) is 24.0. The summed E-state index contributed by atoms with van der Waals surface area (Å²) in [6.45, 7) is 8.10. The van der Waals surface area contributed by atoms with E-state index in [9.17, 15) is 19.5 Å². The number of carbonyl (C=O) groups excluding carboxylic acids is 2. The van der Waals surface area contributed by atoms with Crippen molar-refractivity contribution in [2.75, 3.05) is 14.2 Å². The highest BCUT2D eigenvalue weighted by molar-refractivity contribution is 7.27. The Morgan fingerprint density at radius 2 is 1.71 bits per heavy atom. The molecule has 1 amide bonds. The van der Waals surface area contributed by atoms with E-state index >= 15 is 0 Å². The maximum Gasteiger partial charge on any atom is 0.336 e. The van der Waals surface area contributed by atoms with Gasteiger partial charge in [0.2, 0.25) is 0 Å². The van der Waals surface area contributed by atoms with Crippen LogP contribution >= 0.6 is 9.24 Å². The van der Waals surface area contributed by atoms with Crippen molar-refractivity contribution in [2.24, 2.45) is 11.7 Å². The van der Waals surface area contributed by atoms with Gasteiger partial charge in [0.1, 0.15) is 11.7 Å². The second-order valence-corrected chi connectivity index (χ2v) is 8.90. The summed E-state index contributed by atoms with van der Waals surface area (Å²) in [6.07, 6.45) is 4.14. The van der Waals surface area contributed by atoms with E-state index in [2.05, 4.69) is 25.3 Å². The Morgan fingerprint density at radius 3 is 2.26 bits per heavy atom. The van der Waals surface area contributed by atoms with Crippen LogP contribution in [-0.4, -0.2) is 48.1 Å². The number of hydrogen-bond donors (Lipinski definition) is 3. The first-order valence-electron chi connectivity index (χ1n) is 12.3. The number of carbonyl (C=O) groups is 3. The minimum absolute atomic E-state index is 0.0411. The van der Waals surface area contributed by atoms with E-state index in [0.717, 1.165) is 16.4 Å². The molecule has 1 aromatic heterocycles. The lowest BCUT2D eigenvalue weighted by Gasteiger charge is -2.17. The van der Waals surface area contributed by atoms with Gasteiger partial charge < -0.3 is 20.9 Å². The van der Waals surface area contributed by atoms with Crippen LogP contribution in [0.3, 0.4) is 0 Å². The molecule has 2 aromatic carbocycles. The molecule has 0 saturated heterocycles. The van der Waals surface area contributed by atoms with Gasteiger partial charge in [0.15, 0.2) is 0 Å². The molecule has 0 saturated carbocycles. The number of nitrogens with zero attached hydrogens (tertiary/aromatic N) is 1. The highest BCUT2D eigenvalue weighted by Crippen LogP contribution is 2.22. The van der Waals surface area contributed by atoms with Crippen molar-refractivity contribution in [3.63, 3.8) is 0 Å². The van der Waals surface area contributed by atoms with Gasteiger partial charge in [-0.1, -0.05) is 70.2 Å². The fraction of sp³-hybridized carbons (Fsp3) is 0.310. The normalized spacial score (nSPS) is 11.2. The molecule has 1 heterocycles. The number of methoxy groups -OCH3 is 1. The second-order valence-electron chi connectivity index (χ2n) is 8.23. The van der Waals surface area contributed by atoms with E-state index < -0.39 is 23.9 Å². The second kappa shape index (κ2) is 16.3. The molecule has 0 fully saturated rings. The van der Waals surface area contributed by atoms with Crippen LogP contribution in [0.2, 0.25) is 0 Å². The van der Waals surface area contributed by atoms with Crippen molar-refractivity contribution in [3.05, 3.63) is 77.0 Å². The van der Waals surface area contributed by atoms with Gasteiger partial charge in [0, 0.05) is 11.8 Å². The molecule has 0 aliphatic heterocycles.